The molecule has 0 radical (unpaired) electrons. The highest BCUT2D eigenvalue weighted by Crippen LogP contribution is 2.25. The van der Waals surface area contributed by atoms with E-state index in [1.54, 1.807) is 16.7 Å². The fourth-order valence-electron chi connectivity index (χ4n) is 3.13. The summed E-state index contributed by atoms with van der Waals surface area (Å²) in [5, 5.41) is 2.98. The van der Waals surface area contributed by atoms with Gasteiger partial charge in [-0.25, -0.2) is 4.79 Å². The van der Waals surface area contributed by atoms with Crippen molar-refractivity contribution in [3.63, 3.8) is 0 Å². The number of amides is 1. The molecule has 1 N–H and O–H groups in total. The lowest BCUT2D eigenvalue weighted by atomic mass is 10.1. The first-order valence-electron chi connectivity index (χ1n) is 8.51. The van der Waals surface area contributed by atoms with Crippen LogP contribution in [0.2, 0.25) is 0 Å². The van der Waals surface area contributed by atoms with Gasteiger partial charge in [0.2, 0.25) is 5.91 Å². The van der Waals surface area contributed by atoms with E-state index >= 15 is 0 Å². The van der Waals surface area contributed by atoms with Crippen LogP contribution < -0.4 is 5.32 Å². The molecule has 26 heavy (non-hydrogen) atoms. The second-order valence-corrected chi connectivity index (χ2v) is 6.22. The van der Waals surface area contributed by atoms with E-state index in [1.165, 1.54) is 7.11 Å². The summed E-state index contributed by atoms with van der Waals surface area (Å²) in [7, 11) is 1.31. The number of aryl methyl sites for hydroxylation is 3. The zero-order chi connectivity index (χ0) is 18.8. The molecule has 0 fully saturated rings. The van der Waals surface area contributed by atoms with Crippen molar-refractivity contribution in [1.29, 1.82) is 0 Å². The first kappa shape index (κ1) is 17.8. The Bertz CT molecular complexity index is 981. The average molecular weight is 354 g/mol. The van der Waals surface area contributed by atoms with Crippen molar-refractivity contribution in [2.75, 3.05) is 12.4 Å². The van der Waals surface area contributed by atoms with E-state index in [2.05, 4.69) is 5.32 Å². The van der Waals surface area contributed by atoms with Crippen LogP contribution in [0.5, 0.6) is 0 Å². The first-order chi connectivity index (χ1) is 12.4. The Morgan fingerprint density at radius 3 is 2.69 bits per heavy atom. The van der Waals surface area contributed by atoms with Crippen molar-refractivity contribution >= 4 is 28.7 Å². The number of methoxy groups -OCH3 is 1. The number of benzene rings is 1. The molecule has 0 aliphatic heterocycles. The predicted octanol–water partition coefficient (Wildman–Crippen LogP) is 3.84. The van der Waals surface area contributed by atoms with Crippen LogP contribution in [0.15, 0.2) is 34.7 Å². The Labute approximate surface area is 151 Å². The Hall–Kier alpha value is -3.02. The normalized spacial score (nSPS) is 10.9. The number of para-hydroxylation sites is 1. The number of fused-ring (bicyclic) bond motifs is 1. The molecule has 136 valence electrons. The molecule has 0 atom stereocenters. The van der Waals surface area contributed by atoms with E-state index in [-0.39, 0.29) is 18.1 Å². The Morgan fingerprint density at radius 1 is 1.23 bits per heavy atom. The maximum absolute atomic E-state index is 12.7. The number of carbonyl (C=O) groups is 2. The number of ether oxygens (including phenoxy) is 1. The Morgan fingerprint density at radius 2 is 2.00 bits per heavy atom. The minimum atomic E-state index is -0.507. The van der Waals surface area contributed by atoms with Crippen molar-refractivity contribution in [3.8, 4) is 0 Å². The molecule has 2 aromatic heterocycles. The number of nitrogens with zero attached hydrogens (tertiary/aromatic N) is 1. The molecule has 0 unspecified atom stereocenters. The molecule has 0 aliphatic rings. The van der Waals surface area contributed by atoms with Crippen molar-refractivity contribution in [3.05, 3.63) is 52.9 Å². The largest absolute Gasteiger partial charge is 0.464 e. The number of hydrogen-bond donors (Lipinski definition) is 1. The fourth-order valence-corrected chi connectivity index (χ4v) is 3.13. The number of anilines is 1. The van der Waals surface area contributed by atoms with Gasteiger partial charge in [0.15, 0.2) is 5.58 Å². The molecule has 0 saturated heterocycles. The third-order valence-electron chi connectivity index (χ3n) is 4.41. The maximum atomic E-state index is 12.7. The van der Waals surface area contributed by atoms with Gasteiger partial charge < -0.3 is 19.0 Å². The van der Waals surface area contributed by atoms with E-state index in [1.807, 2.05) is 39.0 Å². The van der Waals surface area contributed by atoms with E-state index < -0.39 is 5.97 Å². The average Bonchev–Trinajstić information content (AvgIpc) is 3.13. The number of carbonyl (C=O) groups excluding carboxylic acids is 2. The fraction of sp³-hybridized carbons (Fsp3) is 0.300. The molecule has 3 rings (SSSR count). The van der Waals surface area contributed by atoms with Crippen LogP contribution in [0.1, 0.15) is 34.3 Å². The van der Waals surface area contributed by atoms with Gasteiger partial charge in [-0.2, -0.15) is 0 Å². The molecular formula is C20H22N2O4. The van der Waals surface area contributed by atoms with Crippen LogP contribution in [-0.4, -0.2) is 23.6 Å². The number of furan rings is 1. The van der Waals surface area contributed by atoms with Crippen LogP contribution in [0, 0.1) is 13.8 Å². The summed E-state index contributed by atoms with van der Waals surface area (Å²) in [5.74, 6) is -0.00440. The monoisotopic (exact) mass is 354 g/mol. The van der Waals surface area contributed by atoms with E-state index in [0.717, 1.165) is 23.2 Å². The highest BCUT2D eigenvalue weighted by atomic mass is 16.5. The minimum absolute atomic E-state index is 0.00953. The van der Waals surface area contributed by atoms with Gasteiger partial charge in [-0.15, -0.1) is 0 Å². The molecule has 2 heterocycles. The summed E-state index contributed by atoms with van der Waals surface area (Å²) in [4.78, 5) is 24.8. The summed E-state index contributed by atoms with van der Waals surface area (Å²) in [6.45, 7) is 5.82. The van der Waals surface area contributed by atoms with Crippen LogP contribution >= 0.6 is 0 Å². The van der Waals surface area contributed by atoms with Crippen molar-refractivity contribution in [1.82, 2.24) is 4.57 Å². The van der Waals surface area contributed by atoms with Gasteiger partial charge in [-0.3, -0.25) is 4.79 Å². The molecule has 3 aromatic rings. The SMILES string of the molecule is CCc1cccc(C)c1NC(=O)Cn1c(C(=O)OC)cc2oc(C)cc21. The van der Waals surface area contributed by atoms with E-state index in [4.69, 9.17) is 9.15 Å². The quantitative estimate of drug-likeness (QED) is 0.707. The number of aromatic nitrogens is 1. The van der Waals surface area contributed by atoms with Gasteiger partial charge >= 0.3 is 5.97 Å². The summed E-state index contributed by atoms with van der Waals surface area (Å²) < 4.78 is 12.0. The van der Waals surface area contributed by atoms with Gasteiger partial charge in [0.1, 0.15) is 18.0 Å². The second-order valence-electron chi connectivity index (χ2n) is 6.22. The van der Waals surface area contributed by atoms with Gasteiger partial charge in [-0.1, -0.05) is 25.1 Å². The maximum Gasteiger partial charge on any atom is 0.354 e. The first-order valence-corrected chi connectivity index (χ1v) is 8.51. The standard InChI is InChI=1S/C20H22N2O4/c1-5-14-8-6-7-12(2)19(14)21-18(23)11-22-15-9-13(3)26-17(15)10-16(22)20(24)25-4/h6-10H,5,11H2,1-4H3,(H,21,23). The van der Waals surface area contributed by atoms with Crippen molar-refractivity contribution in [2.24, 2.45) is 0 Å². The van der Waals surface area contributed by atoms with Gasteiger partial charge in [-0.05, 0) is 31.4 Å². The molecule has 0 bridgehead atoms. The molecular weight excluding hydrogens is 332 g/mol. The van der Waals surface area contributed by atoms with Gasteiger partial charge in [0.05, 0.1) is 12.6 Å². The molecule has 1 aromatic carbocycles. The van der Waals surface area contributed by atoms with Crippen LogP contribution in [0.4, 0.5) is 5.69 Å². The summed E-state index contributed by atoms with van der Waals surface area (Å²) in [6.07, 6.45) is 0.819. The molecule has 0 aliphatic carbocycles. The lowest BCUT2D eigenvalue weighted by Crippen LogP contribution is -2.22. The second kappa shape index (κ2) is 7.07. The summed E-state index contributed by atoms with van der Waals surface area (Å²) in [6, 6.07) is 9.34. The van der Waals surface area contributed by atoms with Gasteiger partial charge in [0, 0.05) is 17.8 Å². The molecule has 6 nitrogen and oxygen atoms in total. The number of rotatable bonds is 5. The lowest BCUT2D eigenvalue weighted by molar-refractivity contribution is -0.116. The van der Waals surface area contributed by atoms with Crippen LogP contribution in [0.3, 0.4) is 0 Å². The molecule has 1 amide bonds. The zero-order valence-corrected chi connectivity index (χ0v) is 15.4. The van der Waals surface area contributed by atoms with Gasteiger partial charge in [0.25, 0.3) is 0 Å². The highest BCUT2D eigenvalue weighted by molar-refractivity contribution is 5.97. The van der Waals surface area contributed by atoms with Crippen LogP contribution in [0.25, 0.3) is 11.1 Å². The number of nitrogens with one attached hydrogen (secondary N) is 1. The van der Waals surface area contributed by atoms with E-state index in [9.17, 15) is 9.59 Å². The van der Waals surface area contributed by atoms with Crippen LogP contribution in [-0.2, 0) is 22.5 Å². The predicted molar refractivity (Wildman–Crippen MR) is 99.5 cm³/mol. The molecule has 0 spiro atoms. The number of hydrogen-bond acceptors (Lipinski definition) is 4. The molecule has 0 saturated carbocycles. The zero-order valence-electron chi connectivity index (χ0n) is 15.4. The minimum Gasteiger partial charge on any atom is -0.464 e. The summed E-state index contributed by atoms with van der Waals surface area (Å²) in [5.41, 5.74) is 4.44. The lowest BCUT2D eigenvalue weighted by Gasteiger charge is -2.14. The van der Waals surface area contributed by atoms with Crippen molar-refractivity contribution in [2.45, 2.75) is 33.7 Å². The third-order valence-corrected chi connectivity index (χ3v) is 4.41. The Kier molecular flexibility index (Phi) is 4.84. The molecule has 6 heteroatoms. The van der Waals surface area contributed by atoms with Crippen molar-refractivity contribution < 1.29 is 18.7 Å². The highest BCUT2D eigenvalue weighted by Gasteiger charge is 2.21. The smallest absolute Gasteiger partial charge is 0.354 e. The third kappa shape index (κ3) is 3.22. The number of esters is 1. The topological polar surface area (TPSA) is 73.5 Å². The van der Waals surface area contributed by atoms with E-state index in [0.29, 0.717) is 16.9 Å². The summed E-state index contributed by atoms with van der Waals surface area (Å²) >= 11 is 0. The Balaban J connectivity index is 1.93.